The van der Waals surface area contributed by atoms with Crippen molar-refractivity contribution in [1.29, 1.82) is 0 Å². The van der Waals surface area contributed by atoms with Crippen molar-refractivity contribution >= 4 is 11.8 Å². The second-order valence-electron chi connectivity index (χ2n) is 9.54. The summed E-state index contributed by atoms with van der Waals surface area (Å²) in [6.07, 6.45) is 4.56. The van der Waals surface area contributed by atoms with Crippen LogP contribution in [0.25, 0.3) is 0 Å². The van der Waals surface area contributed by atoms with Gasteiger partial charge in [-0.1, -0.05) is 0 Å². The van der Waals surface area contributed by atoms with Gasteiger partial charge in [-0.2, -0.15) is 5.10 Å². The number of aromatic amines is 1. The fraction of sp³-hybridized carbons (Fsp3) is 0.762. The van der Waals surface area contributed by atoms with E-state index in [9.17, 15) is 9.59 Å². The third kappa shape index (κ3) is 2.86. The Labute approximate surface area is 166 Å². The van der Waals surface area contributed by atoms with Crippen LogP contribution in [0.1, 0.15) is 61.6 Å². The zero-order valence-electron chi connectivity index (χ0n) is 17.0. The molecule has 0 aromatic carbocycles. The lowest BCUT2D eigenvalue weighted by Crippen LogP contribution is -2.49. The SMILES string of the molecule is CC(C)N1C[C@H]2CN(C(=O)c3cc(C4CC4)[nH]n3)C[C@@]2(C(=O)N2CCCC2)C1. The molecule has 1 aromatic rings. The number of H-pyrrole nitrogens is 1. The number of fused-ring (bicyclic) bond motifs is 1. The summed E-state index contributed by atoms with van der Waals surface area (Å²) < 4.78 is 0. The van der Waals surface area contributed by atoms with E-state index in [0.717, 1.165) is 44.7 Å². The molecule has 7 heteroatoms. The van der Waals surface area contributed by atoms with Crippen LogP contribution in [0, 0.1) is 11.3 Å². The Morgan fingerprint density at radius 3 is 2.57 bits per heavy atom. The van der Waals surface area contributed by atoms with Gasteiger partial charge < -0.3 is 9.80 Å². The predicted octanol–water partition coefficient (Wildman–Crippen LogP) is 1.69. The molecule has 0 unspecified atom stereocenters. The van der Waals surface area contributed by atoms with Gasteiger partial charge in [-0.15, -0.1) is 0 Å². The topological polar surface area (TPSA) is 72.5 Å². The molecule has 0 spiro atoms. The first-order chi connectivity index (χ1) is 13.5. The van der Waals surface area contributed by atoms with E-state index >= 15 is 0 Å². The first-order valence-electron chi connectivity index (χ1n) is 10.9. The zero-order chi connectivity index (χ0) is 19.5. The highest BCUT2D eigenvalue weighted by atomic mass is 16.2. The number of hydrogen-bond acceptors (Lipinski definition) is 4. The average molecular weight is 386 g/mol. The molecular formula is C21H31N5O2. The Hall–Kier alpha value is -1.89. The number of hydrogen-bond donors (Lipinski definition) is 1. The molecule has 4 aliphatic rings. The monoisotopic (exact) mass is 385 g/mol. The van der Waals surface area contributed by atoms with Crippen molar-refractivity contribution in [3.63, 3.8) is 0 Å². The molecule has 1 saturated carbocycles. The molecule has 4 fully saturated rings. The number of carbonyl (C=O) groups is 2. The zero-order valence-corrected chi connectivity index (χ0v) is 17.0. The van der Waals surface area contributed by atoms with E-state index in [0.29, 0.717) is 30.7 Å². The molecule has 3 aliphatic heterocycles. The first kappa shape index (κ1) is 18.2. The van der Waals surface area contributed by atoms with Gasteiger partial charge in [-0.25, -0.2) is 0 Å². The number of rotatable bonds is 4. The maximum atomic E-state index is 13.6. The Morgan fingerprint density at radius 1 is 1.14 bits per heavy atom. The highest BCUT2D eigenvalue weighted by Gasteiger charge is 2.59. The Kier molecular flexibility index (Phi) is 4.27. The number of nitrogens with one attached hydrogen (secondary N) is 1. The summed E-state index contributed by atoms with van der Waals surface area (Å²) in [5.74, 6) is 1.01. The van der Waals surface area contributed by atoms with Crippen molar-refractivity contribution in [2.24, 2.45) is 11.3 Å². The number of likely N-dealkylation sites (tertiary alicyclic amines) is 3. The van der Waals surface area contributed by atoms with Crippen molar-refractivity contribution in [3.8, 4) is 0 Å². The molecule has 0 radical (unpaired) electrons. The number of aromatic nitrogens is 2. The maximum absolute atomic E-state index is 13.6. The van der Waals surface area contributed by atoms with Gasteiger partial charge in [-0.05, 0) is 45.6 Å². The molecule has 28 heavy (non-hydrogen) atoms. The summed E-state index contributed by atoms with van der Waals surface area (Å²) in [6, 6.07) is 2.34. The van der Waals surface area contributed by atoms with Crippen molar-refractivity contribution in [1.82, 2.24) is 24.9 Å². The summed E-state index contributed by atoms with van der Waals surface area (Å²) in [7, 11) is 0. The minimum absolute atomic E-state index is 0.0257. The highest BCUT2D eigenvalue weighted by Crippen LogP contribution is 2.45. The summed E-state index contributed by atoms with van der Waals surface area (Å²) >= 11 is 0. The van der Waals surface area contributed by atoms with E-state index < -0.39 is 5.41 Å². The minimum atomic E-state index is -0.445. The van der Waals surface area contributed by atoms with Crippen LogP contribution in [0.2, 0.25) is 0 Å². The largest absolute Gasteiger partial charge is 0.342 e. The van der Waals surface area contributed by atoms with Gasteiger partial charge >= 0.3 is 0 Å². The molecule has 1 aliphatic carbocycles. The van der Waals surface area contributed by atoms with Crippen LogP contribution in [-0.4, -0.2) is 82.0 Å². The summed E-state index contributed by atoms with van der Waals surface area (Å²) in [4.78, 5) is 33.1. The Balaban J connectivity index is 1.38. The van der Waals surface area contributed by atoms with E-state index in [1.165, 1.54) is 12.8 Å². The van der Waals surface area contributed by atoms with Gasteiger partial charge in [0.05, 0.1) is 5.41 Å². The smallest absolute Gasteiger partial charge is 0.274 e. The number of amides is 2. The van der Waals surface area contributed by atoms with Crippen LogP contribution < -0.4 is 0 Å². The van der Waals surface area contributed by atoms with E-state index in [2.05, 4.69) is 28.9 Å². The van der Waals surface area contributed by atoms with Crippen molar-refractivity contribution in [2.75, 3.05) is 39.3 Å². The normalized spacial score (nSPS) is 30.5. The van der Waals surface area contributed by atoms with Crippen LogP contribution in [-0.2, 0) is 4.79 Å². The van der Waals surface area contributed by atoms with Crippen LogP contribution in [0.15, 0.2) is 6.07 Å². The molecule has 2 amide bonds. The van der Waals surface area contributed by atoms with Gasteiger partial charge in [-0.3, -0.25) is 19.6 Å². The molecule has 152 valence electrons. The predicted molar refractivity (Wildman–Crippen MR) is 105 cm³/mol. The van der Waals surface area contributed by atoms with Gasteiger partial charge in [0.25, 0.3) is 5.91 Å². The summed E-state index contributed by atoms with van der Waals surface area (Å²) in [6.45, 7) is 8.98. The average Bonchev–Trinajstić information content (AvgIpc) is 3.12. The molecule has 7 nitrogen and oxygen atoms in total. The molecule has 0 bridgehead atoms. The van der Waals surface area contributed by atoms with Gasteiger partial charge in [0, 0.05) is 62.8 Å². The standard InChI is InChI=1S/C21H31N5O2/c1-14(2)25-10-16-11-26(19(27)18-9-17(22-23-18)15-5-6-15)13-21(16,12-25)20(28)24-7-3-4-8-24/h9,14-16H,3-8,10-13H2,1-2H3,(H,22,23)/t16-,21-/m0/s1. The van der Waals surface area contributed by atoms with Crippen LogP contribution >= 0.6 is 0 Å². The second-order valence-corrected chi connectivity index (χ2v) is 9.54. The van der Waals surface area contributed by atoms with Gasteiger partial charge in [0.15, 0.2) is 0 Å². The summed E-state index contributed by atoms with van der Waals surface area (Å²) in [5.41, 5.74) is 1.14. The molecule has 2 atom stereocenters. The molecule has 5 rings (SSSR count). The molecule has 1 aromatic heterocycles. The van der Waals surface area contributed by atoms with Crippen molar-refractivity contribution in [3.05, 3.63) is 17.5 Å². The second kappa shape index (κ2) is 6.58. The Morgan fingerprint density at radius 2 is 1.89 bits per heavy atom. The third-order valence-corrected chi connectivity index (χ3v) is 7.31. The van der Waals surface area contributed by atoms with E-state index in [1.807, 2.05) is 15.9 Å². The molecular weight excluding hydrogens is 354 g/mol. The fourth-order valence-corrected chi connectivity index (χ4v) is 5.40. The van der Waals surface area contributed by atoms with Gasteiger partial charge in [0.2, 0.25) is 5.91 Å². The lowest BCUT2D eigenvalue weighted by molar-refractivity contribution is -0.141. The highest BCUT2D eigenvalue weighted by molar-refractivity contribution is 5.94. The van der Waals surface area contributed by atoms with Crippen molar-refractivity contribution in [2.45, 2.75) is 51.5 Å². The molecule has 4 heterocycles. The first-order valence-corrected chi connectivity index (χ1v) is 10.9. The molecule has 1 N–H and O–H groups in total. The van der Waals surface area contributed by atoms with E-state index in [-0.39, 0.29) is 17.7 Å². The van der Waals surface area contributed by atoms with Gasteiger partial charge in [0.1, 0.15) is 5.69 Å². The van der Waals surface area contributed by atoms with Crippen LogP contribution in [0.3, 0.4) is 0 Å². The fourth-order valence-electron chi connectivity index (χ4n) is 5.40. The maximum Gasteiger partial charge on any atom is 0.274 e. The lowest BCUT2D eigenvalue weighted by atomic mass is 9.79. The van der Waals surface area contributed by atoms with E-state index in [1.54, 1.807) is 0 Å². The lowest BCUT2D eigenvalue weighted by Gasteiger charge is -2.33. The van der Waals surface area contributed by atoms with Crippen LogP contribution in [0.4, 0.5) is 0 Å². The quantitative estimate of drug-likeness (QED) is 0.856. The minimum Gasteiger partial charge on any atom is -0.342 e. The number of carbonyl (C=O) groups excluding carboxylic acids is 2. The van der Waals surface area contributed by atoms with Crippen molar-refractivity contribution < 1.29 is 9.59 Å². The third-order valence-electron chi connectivity index (χ3n) is 7.31. The van der Waals surface area contributed by atoms with E-state index in [4.69, 9.17) is 0 Å². The molecule has 3 saturated heterocycles. The number of nitrogens with zero attached hydrogens (tertiary/aromatic N) is 4. The summed E-state index contributed by atoms with van der Waals surface area (Å²) in [5, 5.41) is 7.32. The van der Waals surface area contributed by atoms with Crippen LogP contribution in [0.5, 0.6) is 0 Å². The Bertz CT molecular complexity index is 780.